The van der Waals surface area contributed by atoms with Gasteiger partial charge in [-0.05, 0) is 37.0 Å². The number of carbonyl (C=O) groups is 2. The van der Waals surface area contributed by atoms with Crippen LogP contribution in [0.25, 0.3) is 0 Å². The van der Waals surface area contributed by atoms with Crippen molar-refractivity contribution >= 4 is 17.5 Å². The maximum absolute atomic E-state index is 11.7. The van der Waals surface area contributed by atoms with Gasteiger partial charge in [0.2, 0.25) is 11.8 Å². The SMILES string of the molecule is CCC(C)C(=O)NCc1cccc(NC(=O)C2CC2)c1. The maximum Gasteiger partial charge on any atom is 0.227 e. The first-order valence-corrected chi connectivity index (χ1v) is 7.27. The first kappa shape index (κ1) is 14.6. The average molecular weight is 274 g/mol. The molecule has 1 aliphatic rings. The van der Waals surface area contributed by atoms with Crippen LogP contribution in [-0.4, -0.2) is 11.8 Å². The van der Waals surface area contributed by atoms with Gasteiger partial charge in [0.25, 0.3) is 0 Å². The van der Waals surface area contributed by atoms with Crippen molar-refractivity contribution in [3.8, 4) is 0 Å². The highest BCUT2D eigenvalue weighted by Crippen LogP contribution is 2.30. The molecule has 2 N–H and O–H groups in total. The zero-order valence-electron chi connectivity index (χ0n) is 12.1. The summed E-state index contributed by atoms with van der Waals surface area (Å²) in [4.78, 5) is 23.4. The molecule has 1 fully saturated rings. The summed E-state index contributed by atoms with van der Waals surface area (Å²) < 4.78 is 0. The third-order valence-corrected chi connectivity index (χ3v) is 3.67. The fraction of sp³-hybridized carbons (Fsp3) is 0.500. The Morgan fingerprint density at radius 3 is 2.75 bits per heavy atom. The van der Waals surface area contributed by atoms with Gasteiger partial charge >= 0.3 is 0 Å². The van der Waals surface area contributed by atoms with E-state index in [0.29, 0.717) is 6.54 Å². The van der Waals surface area contributed by atoms with Crippen molar-refractivity contribution in [2.45, 2.75) is 39.7 Å². The number of anilines is 1. The highest BCUT2D eigenvalue weighted by molar-refractivity contribution is 5.94. The van der Waals surface area contributed by atoms with Crippen LogP contribution in [0.2, 0.25) is 0 Å². The molecule has 1 aromatic carbocycles. The van der Waals surface area contributed by atoms with Gasteiger partial charge in [-0.3, -0.25) is 9.59 Å². The Hall–Kier alpha value is -1.84. The first-order valence-electron chi connectivity index (χ1n) is 7.27. The monoisotopic (exact) mass is 274 g/mol. The molecule has 1 saturated carbocycles. The Morgan fingerprint density at radius 1 is 1.35 bits per heavy atom. The van der Waals surface area contributed by atoms with Gasteiger partial charge < -0.3 is 10.6 Å². The predicted molar refractivity (Wildman–Crippen MR) is 79.1 cm³/mol. The molecule has 20 heavy (non-hydrogen) atoms. The van der Waals surface area contributed by atoms with Crippen LogP contribution < -0.4 is 10.6 Å². The van der Waals surface area contributed by atoms with E-state index < -0.39 is 0 Å². The molecule has 0 aliphatic heterocycles. The van der Waals surface area contributed by atoms with Gasteiger partial charge in [-0.1, -0.05) is 26.0 Å². The van der Waals surface area contributed by atoms with Crippen LogP contribution in [0.15, 0.2) is 24.3 Å². The summed E-state index contributed by atoms with van der Waals surface area (Å²) in [7, 11) is 0. The summed E-state index contributed by atoms with van der Waals surface area (Å²) in [5.74, 6) is 0.405. The lowest BCUT2D eigenvalue weighted by molar-refractivity contribution is -0.124. The Kier molecular flexibility index (Phi) is 4.77. The Bertz CT molecular complexity index is 495. The van der Waals surface area contributed by atoms with E-state index >= 15 is 0 Å². The third-order valence-electron chi connectivity index (χ3n) is 3.67. The van der Waals surface area contributed by atoms with E-state index in [1.807, 2.05) is 38.1 Å². The van der Waals surface area contributed by atoms with E-state index in [1.165, 1.54) is 0 Å². The van der Waals surface area contributed by atoms with E-state index in [1.54, 1.807) is 0 Å². The number of amides is 2. The Balaban J connectivity index is 1.88. The quantitative estimate of drug-likeness (QED) is 0.838. The Labute approximate surface area is 119 Å². The second-order valence-electron chi connectivity index (χ2n) is 5.49. The van der Waals surface area contributed by atoms with Gasteiger partial charge in [-0.25, -0.2) is 0 Å². The summed E-state index contributed by atoms with van der Waals surface area (Å²) in [5, 5.41) is 5.83. The van der Waals surface area contributed by atoms with Crippen molar-refractivity contribution in [3.05, 3.63) is 29.8 Å². The van der Waals surface area contributed by atoms with Crippen molar-refractivity contribution in [2.24, 2.45) is 11.8 Å². The molecular formula is C16H22N2O2. The number of rotatable bonds is 6. The molecule has 2 rings (SSSR count). The molecule has 0 spiro atoms. The van der Waals surface area contributed by atoms with Gasteiger partial charge in [0.15, 0.2) is 0 Å². The summed E-state index contributed by atoms with van der Waals surface area (Å²) in [5.41, 5.74) is 1.80. The molecule has 1 aliphatic carbocycles. The number of hydrogen-bond acceptors (Lipinski definition) is 2. The second kappa shape index (κ2) is 6.55. The van der Waals surface area contributed by atoms with E-state index in [-0.39, 0.29) is 23.7 Å². The first-order chi connectivity index (χ1) is 9.60. The standard InChI is InChI=1S/C16H22N2O2/c1-3-11(2)15(19)17-10-12-5-4-6-14(9-12)18-16(20)13-7-8-13/h4-6,9,11,13H,3,7-8,10H2,1-2H3,(H,17,19)(H,18,20). The van der Waals surface area contributed by atoms with Crippen LogP contribution >= 0.6 is 0 Å². The van der Waals surface area contributed by atoms with Crippen LogP contribution in [0.5, 0.6) is 0 Å². The second-order valence-corrected chi connectivity index (χ2v) is 5.49. The lowest BCUT2D eigenvalue weighted by atomic mass is 10.1. The van der Waals surface area contributed by atoms with Gasteiger partial charge in [-0.15, -0.1) is 0 Å². The van der Waals surface area contributed by atoms with Crippen molar-refractivity contribution in [3.63, 3.8) is 0 Å². The van der Waals surface area contributed by atoms with Crippen LogP contribution in [0, 0.1) is 11.8 Å². The van der Waals surface area contributed by atoms with Crippen LogP contribution in [-0.2, 0) is 16.1 Å². The molecule has 2 amide bonds. The number of nitrogens with one attached hydrogen (secondary N) is 2. The smallest absolute Gasteiger partial charge is 0.227 e. The lowest BCUT2D eigenvalue weighted by Gasteiger charge is -2.11. The summed E-state index contributed by atoms with van der Waals surface area (Å²) in [6.07, 6.45) is 2.83. The molecule has 0 heterocycles. The average Bonchev–Trinajstić information content (AvgIpc) is 3.28. The number of carbonyl (C=O) groups excluding carboxylic acids is 2. The highest BCUT2D eigenvalue weighted by Gasteiger charge is 2.29. The molecule has 1 aromatic rings. The Morgan fingerprint density at radius 2 is 2.10 bits per heavy atom. The normalized spacial score (nSPS) is 15.5. The van der Waals surface area contributed by atoms with Gasteiger partial charge in [0.05, 0.1) is 0 Å². The number of benzene rings is 1. The third kappa shape index (κ3) is 4.08. The largest absolute Gasteiger partial charge is 0.352 e. The lowest BCUT2D eigenvalue weighted by Crippen LogP contribution is -2.28. The molecule has 108 valence electrons. The zero-order chi connectivity index (χ0) is 14.5. The minimum atomic E-state index is 0.0350. The van der Waals surface area contributed by atoms with Crippen molar-refractivity contribution < 1.29 is 9.59 Å². The van der Waals surface area contributed by atoms with Crippen LogP contribution in [0.1, 0.15) is 38.7 Å². The zero-order valence-corrected chi connectivity index (χ0v) is 12.1. The van der Waals surface area contributed by atoms with Crippen molar-refractivity contribution in [2.75, 3.05) is 5.32 Å². The molecular weight excluding hydrogens is 252 g/mol. The van der Waals surface area contributed by atoms with E-state index in [2.05, 4.69) is 10.6 Å². The predicted octanol–water partition coefficient (Wildman–Crippen LogP) is 2.70. The van der Waals surface area contributed by atoms with Crippen LogP contribution in [0.3, 0.4) is 0 Å². The molecule has 0 aromatic heterocycles. The van der Waals surface area contributed by atoms with Crippen molar-refractivity contribution in [1.29, 1.82) is 0 Å². The number of hydrogen-bond donors (Lipinski definition) is 2. The molecule has 4 heteroatoms. The van der Waals surface area contributed by atoms with E-state index in [4.69, 9.17) is 0 Å². The van der Waals surface area contributed by atoms with Gasteiger partial charge in [0, 0.05) is 24.1 Å². The van der Waals surface area contributed by atoms with E-state index in [9.17, 15) is 9.59 Å². The molecule has 1 atom stereocenters. The molecule has 0 radical (unpaired) electrons. The summed E-state index contributed by atoms with van der Waals surface area (Å²) in [6.45, 7) is 4.41. The molecule has 0 saturated heterocycles. The van der Waals surface area contributed by atoms with Gasteiger partial charge in [-0.2, -0.15) is 0 Å². The minimum Gasteiger partial charge on any atom is -0.352 e. The topological polar surface area (TPSA) is 58.2 Å². The molecule has 4 nitrogen and oxygen atoms in total. The summed E-state index contributed by atoms with van der Waals surface area (Å²) in [6, 6.07) is 7.63. The molecule has 1 unspecified atom stereocenters. The van der Waals surface area contributed by atoms with Crippen molar-refractivity contribution in [1.82, 2.24) is 5.32 Å². The van der Waals surface area contributed by atoms with E-state index in [0.717, 1.165) is 30.5 Å². The minimum absolute atomic E-state index is 0.0350. The van der Waals surface area contributed by atoms with Gasteiger partial charge in [0.1, 0.15) is 0 Å². The van der Waals surface area contributed by atoms with Crippen LogP contribution in [0.4, 0.5) is 5.69 Å². The highest BCUT2D eigenvalue weighted by atomic mass is 16.2. The maximum atomic E-state index is 11.7. The fourth-order valence-corrected chi connectivity index (χ4v) is 1.90. The molecule has 0 bridgehead atoms. The fourth-order valence-electron chi connectivity index (χ4n) is 1.90. The summed E-state index contributed by atoms with van der Waals surface area (Å²) >= 11 is 0.